The SMILES string of the molecule is O=C(N[C@H]1CCO[C@@]2(CCN(Cc3ccsc3)C2)C1)c1ccco1. The lowest BCUT2D eigenvalue weighted by Crippen LogP contribution is -2.49. The number of nitrogens with zero attached hydrogens (tertiary/aromatic N) is 1. The average Bonchev–Trinajstić information content (AvgIpc) is 3.31. The topological polar surface area (TPSA) is 54.7 Å². The Labute approximate surface area is 145 Å². The number of hydrogen-bond donors (Lipinski definition) is 1. The van der Waals surface area contributed by atoms with E-state index in [1.165, 1.54) is 11.8 Å². The Kier molecular flexibility index (Phi) is 4.43. The minimum atomic E-state index is -0.129. The van der Waals surface area contributed by atoms with Crippen LogP contribution in [0.3, 0.4) is 0 Å². The number of nitrogens with one attached hydrogen (secondary N) is 1. The Morgan fingerprint density at radius 3 is 3.21 bits per heavy atom. The third-order valence-electron chi connectivity index (χ3n) is 4.95. The maximum Gasteiger partial charge on any atom is 0.287 e. The van der Waals surface area contributed by atoms with Crippen LogP contribution < -0.4 is 5.32 Å². The second-order valence-electron chi connectivity index (χ2n) is 6.76. The number of carbonyl (C=O) groups is 1. The van der Waals surface area contributed by atoms with Crippen molar-refractivity contribution in [3.63, 3.8) is 0 Å². The average molecular weight is 346 g/mol. The lowest BCUT2D eigenvalue weighted by molar-refractivity contribution is -0.0793. The van der Waals surface area contributed by atoms with Crippen LogP contribution in [0.25, 0.3) is 0 Å². The van der Waals surface area contributed by atoms with Gasteiger partial charge in [0.1, 0.15) is 0 Å². The molecule has 0 bridgehead atoms. The molecule has 2 atom stereocenters. The number of amides is 1. The number of likely N-dealkylation sites (tertiary alicyclic amines) is 1. The first-order chi connectivity index (χ1) is 11.7. The molecule has 2 aliphatic heterocycles. The van der Waals surface area contributed by atoms with Crippen LogP contribution in [0, 0.1) is 0 Å². The fourth-order valence-corrected chi connectivity index (χ4v) is 4.46. The van der Waals surface area contributed by atoms with Crippen LogP contribution in [-0.4, -0.2) is 42.1 Å². The second kappa shape index (κ2) is 6.70. The van der Waals surface area contributed by atoms with Gasteiger partial charge < -0.3 is 14.5 Å². The van der Waals surface area contributed by atoms with E-state index < -0.39 is 0 Å². The van der Waals surface area contributed by atoms with Gasteiger partial charge in [-0.1, -0.05) is 0 Å². The first kappa shape index (κ1) is 15.9. The summed E-state index contributed by atoms with van der Waals surface area (Å²) in [6, 6.07) is 5.77. The van der Waals surface area contributed by atoms with Crippen molar-refractivity contribution in [1.82, 2.24) is 10.2 Å². The molecule has 4 heterocycles. The van der Waals surface area contributed by atoms with Gasteiger partial charge in [0.15, 0.2) is 5.76 Å². The highest BCUT2D eigenvalue weighted by molar-refractivity contribution is 7.07. The number of furan rings is 1. The van der Waals surface area contributed by atoms with Crippen molar-refractivity contribution in [3.8, 4) is 0 Å². The molecule has 2 fully saturated rings. The van der Waals surface area contributed by atoms with Crippen molar-refractivity contribution in [3.05, 3.63) is 46.5 Å². The molecule has 24 heavy (non-hydrogen) atoms. The van der Waals surface area contributed by atoms with Crippen LogP contribution in [0.2, 0.25) is 0 Å². The molecule has 0 aliphatic carbocycles. The maximum atomic E-state index is 12.2. The number of hydrogen-bond acceptors (Lipinski definition) is 5. The van der Waals surface area contributed by atoms with Crippen molar-refractivity contribution in [1.29, 1.82) is 0 Å². The zero-order valence-electron chi connectivity index (χ0n) is 13.6. The summed E-state index contributed by atoms with van der Waals surface area (Å²) in [4.78, 5) is 14.7. The zero-order chi connectivity index (χ0) is 16.4. The highest BCUT2D eigenvalue weighted by Gasteiger charge is 2.43. The lowest BCUT2D eigenvalue weighted by Gasteiger charge is -2.38. The van der Waals surface area contributed by atoms with Gasteiger partial charge in [0, 0.05) is 32.3 Å². The molecule has 4 rings (SSSR count). The summed E-state index contributed by atoms with van der Waals surface area (Å²) >= 11 is 1.74. The van der Waals surface area contributed by atoms with Gasteiger partial charge in [-0.2, -0.15) is 11.3 Å². The van der Waals surface area contributed by atoms with Gasteiger partial charge in [-0.05, 0) is 53.8 Å². The molecule has 128 valence electrons. The molecular weight excluding hydrogens is 324 g/mol. The molecule has 2 aromatic rings. The molecule has 0 radical (unpaired) electrons. The third kappa shape index (κ3) is 3.41. The molecule has 6 heteroatoms. The third-order valence-corrected chi connectivity index (χ3v) is 5.69. The van der Waals surface area contributed by atoms with Crippen molar-refractivity contribution in [2.75, 3.05) is 19.7 Å². The smallest absolute Gasteiger partial charge is 0.287 e. The summed E-state index contributed by atoms with van der Waals surface area (Å²) in [7, 11) is 0. The van der Waals surface area contributed by atoms with Crippen molar-refractivity contribution < 1.29 is 13.9 Å². The summed E-state index contributed by atoms with van der Waals surface area (Å²) in [5.41, 5.74) is 1.26. The Morgan fingerprint density at radius 2 is 2.42 bits per heavy atom. The van der Waals surface area contributed by atoms with Crippen molar-refractivity contribution >= 4 is 17.2 Å². The molecule has 0 aromatic carbocycles. The van der Waals surface area contributed by atoms with Crippen LogP contribution in [0.4, 0.5) is 0 Å². The first-order valence-electron chi connectivity index (χ1n) is 8.44. The second-order valence-corrected chi connectivity index (χ2v) is 7.54. The maximum absolute atomic E-state index is 12.2. The molecule has 2 aromatic heterocycles. The fraction of sp³-hybridized carbons (Fsp3) is 0.500. The Hall–Kier alpha value is -1.63. The van der Waals surface area contributed by atoms with Crippen LogP contribution in [-0.2, 0) is 11.3 Å². The molecule has 1 spiro atoms. The van der Waals surface area contributed by atoms with E-state index in [0.29, 0.717) is 12.4 Å². The van der Waals surface area contributed by atoms with Gasteiger partial charge in [0.05, 0.1) is 11.9 Å². The lowest BCUT2D eigenvalue weighted by atomic mass is 9.89. The van der Waals surface area contributed by atoms with E-state index in [0.717, 1.165) is 38.9 Å². The van der Waals surface area contributed by atoms with E-state index in [2.05, 4.69) is 27.0 Å². The quantitative estimate of drug-likeness (QED) is 0.925. The summed E-state index contributed by atoms with van der Waals surface area (Å²) in [5, 5.41) is 7.43. The number of carbonyl (C=O) groups excluding carboxylic acids is 1. The molecule has 2 aliphatic rings. The van der Waals surface area contributed by atoms with E-state index in [4.69, 9.17) is 9.15 Å². The van der Waals surface area contributed by atoms with E-state index in [1.807, 2.05) is 0 Å². The van der Waals surface area contributed by atoms with Gasteiger partial charge in [-0.3, -0.25) is 9.69 Å². The number of rotatable bonds is 4. The largest absolute Gasteiger partial charge is 0.459 e. The van der Waals surface area contributed by atoms with Crippen LogP contribution in [0.1, 0.15) is 35.4 Å². The van der Waals surface area contributed by atoms with Gasteiger partial charge >= 0.3 is 0 Å². The fourth-order valence-electron chi connectivity index (χ4n) is 3.80. The van der Waals surface area contributed by atoms with Crippen molar-refractivity contribution in [2.24, 2.45) is 0 Å². The molecule has 0 unspecified atom stereocenters. The van der Waals surface area contributed by atoms with E-state index in [-0.39, 0.29) is 17.6 Å². The Balaban J connectivity index is 1.35. The molecule has 0 saturated carbocycles. The summed E-state index contributed by atoms with van der Waals surface area (Å²) in [6.07, 6.45) is 4.29. The Morgan fingerprint density at radius 1 is 1.46 bits per heavy atom. The van der Waals surface area contributed by atoms with Crippen LogP contribution in [0.5, 0.6) is 0 Å². The van der Waals surface area contributed by atoms with Gasteiger partial charge in [-0.25, -0.2) is 0 Å². The standard InChI is InChI=1S/C18H22N2O3S/c21-17(16-2-1-7-22-16)19-15-3-8-23-18(10-15)5-6-20(13-18)11-14-4-9-24-12-14/h1-2,4,7,9,12,15H,3,5-6,8,10-11,13H2,(H,19,21)/t15-,18-/m0/s1. The molecule has 1 amide bonds. The van der Waals surface area contributed by atoms with Gasteiger partial charge in [0.2, 0.25) is 0 Å². The highest BCUT2D eigenvalue weighted by Crippen LogP contribution is 2.35. The number of ether oxygens (including phenoxy) is 1. The van der Waals surface area contributed by atoms with Gasteiger partial charge in [0.25, 0.3) is 5.91 Å². The molecule has 2 saturated heterocycles. The highest BCUT2D eigenvalue weighted by atomic mass is 32.1. The van der Waals surface area contributed by atoms with E-state index >= 15 is 0 Å². The summed E-state index contributed by atoms with van der Waals surface area (Å²) in [6.45, 7) is 3.68. The van der Waals surface area contributed by atoms with E-state index in [1.54, 1.807) is 23.5 Å². The summed E-state index contributed by atoms with van der Waals surface area (Å²) < 4.78 is 11.3. The monoisotopic (exact) mass is 346 g/mol. The molecule has 1 N–H and O–H groups in total. The zero-order valence-corrected chi connectivity index (χ0v) is 14.4. The molecular formula is C18H22N2O3S. The van der Waals surface area contributed by atoms with Crippen LogP contribution >= 0.6 is 11.3 Å². The minimum absolute atomic E-state index is 0.116. The molecule has 5 nitrogen and oxygen atoms in total. The first-order valence-corrected chi connectivity index (χ1v) is 9.39. The van der Waals surface area contributed by atoms with Crippen molar-refractivity contribution in [2.45, 2.75) is 37.5 Å². The predicted octanol–water partition coefficient (Wildman–Crippen LogP) is 2.89. The summed E-state index contributed by atoms with van der Waals surface area (Å²) in [5.74, 6) is 0.247. The Bertz CT molecular complexity index is 671. The minimum Gasteiger partial charge on any atom is -0.459 e. The normalized spacial score (nSPS) is 27.6. The van der Waals surface area contributed by atoms with E-state index in [9.17, 15) is 4.79 Å². The number of thiophene rings is 1. The predicted molar refractivity (Wildman–Crippen MR) is 92.1 cm³/mol. The van der Waals surface area contributed by atoms with Crippen LogP contribution in [0.15, 0.2) is 39.6 Å². The van der Waals surface area contributed by atoms with Gasteiger partial charge in [-0.15, -0.1) is 0 Å².